The average Bonchev–Trinajstić information content (AvgIpc) is 3.01. The van der Waals surface area contributed by atoms with Gasteiger partial charge in [0, 0.05) is 29.7 Å². The minimum Gasteiger partial charge on any atom is -0.454 e. The molecule has 0 aliphatic rings. The van der Waals surface area contributed by atoms with Crippen molar-refractivity contribution in [1.82, 2.24) is 4.57 Å². The highest BCUT2D eigenvalue weighted by atomic mass is 19.1. The number of nitrogens with zero attached hydrogens (tertiary/aromatic N) is 1. The molecule has 0 saturated heterocycles. The van der Waals surface area contributed by atoms with Crippen LogP contribution in [0.1, 0.15) is 37.7 Å². The van der Waals surface area contributed by atoms with Gasteiger partial charge < -0.3 is 14.0 Å². The van der Waals surface area contributed by atoms with Gasteiger partial charge in [0.05, 0.1) is 12.2 Å². The largest absolute Gasteiger partial charge is 0.454 e. The fraction of sp³-hybridized carbons (Fsp3) is 0.217. The fourth-order valence-corrected chi connectivity index (χ4v) is 3.25. The molecule has 29 heavy (non-hydrogen) atoms. The zero-order chi connectivity index (χ0) is 21.0. The minimum atomic E-state index is -0.568. The van der Waals surface area contributed by atoms with E-state index in [1.807, 2.05) is 6.92 Å². The minimum absolute atomic E-state index is 0.315. The van der Waals surface area contributed by atoms with Crippen LogP contribution in [0.25, 0.3) is 5.69 Å². The summed E-state index contributed by atoms with van der Waals surface area (Å²) in [6.45, 7) is 3.70. The molecule has 1 heterocycles. The normalized spacial score (nSPS) is 10.8. The molecule has 0 saturated carbocycles. The highest BCUT2D eigenvalue weighted by Crippen LogP contribution is 2.22. The SMILES string of the molecule is COCc1ccc(C(=O)OCC(=O)c2cc(C)n(-c3cccc(F)c3)c2C)cc1. The Hall–Kier alpha value is -3.25. The molecule has 0 fully saturated rings. The molecule has 150 valence electrons. The second kappa shape index (κ2) is 8.84. The van der Waals surface area contributed by atoms with Crippen molar-refractivity contribution in [2.24, 2.45) is 0 Å². The lowest BCUT2D eigenvalue weighted by molar-refractivity contribution is 0.0474. The van der Waals surface area contributed by atoms with E-state index in [1.165, 1.54) is 12.1 Å². The van der Waals surface area contributed by atoms with Gasteiger partial charge in [0.2, 0.25) is 5.78 Å². The van der Waals surface area contributed by atoms with Gasteiger partial charge in [-0.05, 0) is 55.8 Å². The number of carbonyl (C=O) groups is 2. The highest BCUT2D eigenvalue weighted by Gasteiger charge is 2.19. The molecule has 0 unspecified atom stereocenters. The molecule has 0 radical (unpaired) electrons. The van der Waals surface area contributed by atoms with Crippen LogP contribution in [-0.4, -0.2) is 30.0 Å². The first kappa shape index (κ1) is 20.5. The number of carbonyl (C=O) groups excluding carboxylic acids is 2. The van der Waals surface area contributed by atoms with E-state index in [2.05, 4.69) is 0 Å². The van der Waals surface area contributed by atoms with Gasteiger partial charge in [0.15, 0.2) is 6.61 Å². The quantitative estimate of drug-likeness (QED) is 0.439. The third kappa shape index (κ3) is 4.60. The number of rotatable bonds is 7. The molecule has 3 rings (SSSR count). The van der Waals surface area contributed by atoms with Crippen LogP contribution in [0, 0.1) is 19.7 Å². The number of halogens is 1. The summed E-state index contributed by atoms with van der Waals surface area (Å²) in [5.41, 5.74) is 3.82. The van der Waals surface area contributed by atoms with E-state index in [0.717, 1.165) is 11.3 Å². The molecule has 1 aromatic heterocycles. The number of ketones is 1. The van der Waals surface area contributed by atoms with Gasteiger partial charge in [-0.3, -0.25) is 4.79 Å². The Kier molecular flexibility index (Phi) is 6.24. The predicted molar refractivity (Wildman–Crippen MR) is 107 cm³/mol. The Labute approximate surface area is 168 Å². The van der Waals surface area contributed by atoms with Gasteiger partial charge in [0.1, 0.15) is 5.82 Å². The molecule has 0 aliphatic heterocycles. The van der Waals surface area contributed by atoms with E-state index < -0.39 is 5.97 Å². The van der Waals surface area contributed by atoms with Crippen LogP contribution in [-0.2, 0) is 16.1 Å². The molecule has 0 N–H and O–H groups in total. The van der Waals surface area contributed by atoms with E-state index in [4.69, 9.17) is 9.47 Å². The molecule has 3 aromatic rings. The Morgan fingerprint density at radius 2 is 1.76 bits per heavy atom. The summed E-state index contributed by atoms with van der Waals surface area (Å²) in [7, 11) is 1.60. The number of benzene rings is 2. The molecule has 0 bridgehead atoms. The van der Waals surface area contributed by atoms with E-state index in [-0.39, 0.29) is 18.2 Å². The Balaban J connectivity index is 1.71. The van der Waals surface area contributed by atoms with Crippen LogP contribution < -0.4 is 0 Å². The molecule has 0 spiro atoms. The number of esters is 1. The summed E-state index contributed by atoms with van der Waals surface area (Å²) < 4.78 is 25.6. The van der Waals surface area contributed by atoms with Gasteiger partial charge >= 0.3 is 5.97 Å². The van der Waals surface area contributed by atoms with Crippen molar-refractivity contribution in [3.8, 4) is 5.69 Å². The maximum atomic E-state index is 13.6. The van der Waals surface area contributed by atoms with E-state index in [1.54, 1.807) is 61.1 Å². The highest BCUT2D eigenvalue weighted by molar-refractivity contribution is 6.00. The molecule has 5 nitrogen and oxygen atoms in total. The van der Waals surface area contributed by atoms with Crippen LogP contribution in [0.5, 0.6) is 0 Å². The first-order chi connectivity index (χ1) is 13.9. The fourth-order valence-electron chi connectivity index (χ4n) is 3.25. The van der Waals surface area contributed by atoms with Gasteiger partial charge in [-0.1, -0.05) is 18.2 Å². The van der Waals surface area contributed by atoms with Crippen LogP contribution in [0.2, 0.25) is 0 Å². The monoisotopic (exact) mass is 395 g/mol. The van der Waals surface area contributed by atoms with Crippen molar-refractivity contribution in [3.63, 3.8) is 0 Å². The number of Topliss-reactive ketones (excluding diaryl/α,β-unsaturated/α-hetero) is 1. The molecule has 0 atom stereocenters. The van der Waals surface area contributed by atoms with Gasteiger partial charge in [-0.2, -0.15) is 0 Å². The Morgan fingerprint density at radius 3 is 2.41 bits per heavy atom. The molecule has 0 amide bonds. The van der Waals surface area contributed by atoms with E-state index in [9.17, 15) is 14.0 Å². The summed E-state index contributed by atoms with van der Waals surface area (Å²) in [6.07, 6.45) is 0. The van der Waals surface area contributed by atoms with Crippen molar-refractivity contribution in [2.45, 2.75) is 20.5 Å². The number of aromatic nitrogens is 1. The molecular weight excluding hydrogens is 373 g/mol. The number of hydrogen-bond acceptors (Lipinski definition) is 4. The van der Waals surface area contributed by atoms with Crippen molar-refractivity contribution in [3.05, 3.63) is 88.5 Å². The van der Waals surface area contributed by atoms with Crippen LogP contribution >= 0.6 is 0 Å². The first-order valence-electron chi connectivity index (χ1n) is 9.13. The lowest BCUT2D eigenvalue weighted by atomic mass is 10.1. The molecule has 6 heteroatoms. The summed E-state index contributed by atoms with van der Waals surface area (Å²) >= 11 is 0. The zero-order valence-electron chi connectivity index (χ0n) is 16.6. The lowest BCUT2D eigenvalue weighted by Gasteiger charge is -2.10. The molecule has 2 aromatic carbocycles. The summed E-state index contributed by atoms with van der Waals surface area (Å²) in [6, 6.07) is 14.7. The predicted octanol–water partition coefficient (Wildman–Crippen LogP) is 4.42. The third-order valence-corrected chi connectivity index (χ3v) is 4.63. The Bertz CT molecular complexity index is 1040. The van der Waals surface area contributed by atoms with Crippen molar-refractivity contribution < 1.29 is 23.5 Å². The smallest absolute Gasteiger partial charge is 0.338 e. The standard InChI is InChI=1S/C23H22FNO4/c1-15-11-21(16(2)25(15)20-6-4-5-19(24)12-20)22(26)14-29-23(27)18-9-7-17(8-10-18)13-28-3/h4-12H,13-14H2,1-3H3. The molecule has 0 aliphatic carbocycles. The van der Waals surface area contributed by atoms with Crippen molar-refractivity contribution in [2.75, 3.05) is 13.7 Å². The zero-order valence-corrected chi connectivity index (χ0v) is 16.6. The average molecular weight is 395 g/mol. The summed E-state index contributed by atoms with van der Waals surface area (Å²) in [5.74, 6) is -1.24. The number of aryl methyl sites for hydroxylation is 1. The topological polar surface area (TPSA) is 57.5 Å². The van der Waals surface area contributed by atoms with E-state index >= 15 is 0 Å². The van der Waals surface area contributed by atoms with Gasteiger partial charge in [0.25, 0.3) is 0 Å². The second-order valence-corrected chi connectivity index (χ2v) is 6.73. The second-order valence-electron chi connectivity index (χ2n) is 6.73. The van der Waals surface area contributed by atoms with E-state index in [0.29, 0.717) is 29.1 Å². The van der Waals surface area contributed by atoms with Crippen molar-refractivity contribution >= 4 is 11.8 Å². The number of ether oxygens (including phenoxy) is 2. The van der Waals surface area contributed by atoms with Crippen molar-refractivity contribution in [1.29, 1.82) is 0 Å². The van der Waals surface area contributed by atoms with Crippen LogP contribution in [0.15, 0.2) is 54.6 Å². The van der Waals surface area contributed by atoms with Gasteiger partial charge in [-0.25, -0.2) is 9.18 Å². The number of hydrogen-bond donors (Lipinski definition) is 0. The maximum Gasteiger partial charge on any atom is 0.338 e. The summed E-state index contributed by atoms with van der Waals surface area (Å²) in [4.78, 5) is 24.8. The first-order valence-corrected chi connectivity index (χ1v) is 9.13. The number of methoxy groups -OCH3 is 1. The van der Waals surface area contributed by atoms with Gasteiger partial charge in [-0.15, -0.1) is 0 Å². The summed E-state index contributed by atoms with van der Waals surface area (Å²) in [5, 5.41) is 0. The third-order valence-electron chi connectivity index (χ3n) is 4.63. The Morgan fingerprint density at radius 1 is 1.03 bits per heavy atom. The van der Waals surface area contributed by atoms with Crippen LogP contribution in [0.4, 0.5) is 4.39 Å². The van der Waals surface area contributed by atoms with Crippen LogP contribution in [0.3, 0.4) is 0 Å². The lowest BCUT2D eigenvalue weighted by Crippen LogP contribution is -2.15. The maximum absolute atomic E-state index is 13.6. The molecular formula is C23H22FNO4.